The SMILES string of the molecule is C=C(c1ccc(OC(F)(F)F)cc1)C1CCN(C2(C)CCCCC2)CC1.CC1(N2CCC(C(=O)c3ccc(OC(F)(F)F)cc3)CC2)CCCCC1.Clc1cccc(I)c1. The van der Waals surface area contributed by atoms with Gasteiger partial charge in [0.05, 0.1) is 0 Å². The van der Waals surface area contributed by atoms with Crippen LogP contribution >= 0.6 is 34.2 Å². The molecule has 0 aromatic heterocycles. The molecule has 0 spiro atoms. The zero-order valence-electron chi connectivity index (χ0n) is 34.7. The molecular weight excluding hydrogens is 917 g/mol. The summed E-state index contributed by atoms with van der Waals surface area (Å²) in [5.74, 6) is -0.110. The van der Waals surface area contributed by atoms with Crippen molar-refractivity contribution in [2.45, 2.75) is 128 Å². The third-order valence-electron chi connectivity index (χ3n) is 12.9. The van der Waals surface area contributed by atoms with Crippen LogP contribution in [0.2, 0.25) is 5.02 Å². The number of likely N-dealkylation sites (tertiary alicyclic amines) is 2. The molecular formula is C47H58ClF6IN2O3. The number of carbonyl (C=O) groups excluding carboxylic acids is 1. The number of rotatable bonds is 8. The van der Waals surface area contributed by atoms with Crippen molar-refractivity contribution in [3.05, 3.63) is 99.1 Å². The number of nitrogens with zero attached hydrogens (tertiary/aromatic N) is 2. The van der Waals surface area contributed by atoms with E-state index < -0.39 is 12.7 Å². The van der Waals surface area contributed by atoms with Gasteiger partial charge in [0.1, 0.15) is 11.5 Å². The summed E-state index contributed by atoms with van der Waals surface area (Å²) in [6, 6.07) is 19.1. The van der Waals surface area contributed by atoms with E-state index in [0.717, 1.165) is 68.0 Å². The van der Waals surface area contributed by atoms with E-state index in [4.69, 9.17) is 11.6 Å². The predicted molar refractivity (Wildman–Crippen MR) is 235 cm³/mol. The molecule has 2 saturated heterocycles. The van der Waals surface area contributed by atoms with Crippen LogP contribution in [-0.2, 0) is 0 Å². The quantitative estimate of drug-likeness (QED) is 0.128. The molecule has 330 valence electrons. The second-order valence-electron chi connectivity index (χ2n) is 17.1. The molecule has 0 unspecified atom stereocenters. The van der Waals surface area contributed by atoms with Crippen molar-refractivity contribution in [1.82, 2.24) is 9.80 Å². The van der Waals surface area contributed by atoms with Gasteiger partial charge < -0.3 is 9.47 Å². The number of carbonyl (C=O) groups is 1. The average molecular weight is 975 g/mol. The largest absolute Gasteiger partial charge is 0.573 e. The van der Waals surface area contributed by atoms with E-state index in [1.807, 2.05) is 24.3 Å². The zero-order valence-corrected chi connectivity index (χ0v) is 37.6. The van der Waals surface area contributed by atoms with Crippen molar-refractivity contribution in [2.75, 3.05) is 26.2 Å². The van der Waals surface area contributed by atoms with Gasteiger partial charge in [-0.05, 0) is 186 Å². The van der Waals surface area contributed by atoms with Crippen LogP contribution in [0.4, 0.5) is 26.3 Å². The molecule has 2 saturated carbocycles. The number of hydrogen-bond acceptors (Lipinski definition) is 5. The highest BCUT2D eigenvalue weighted by Gasteiger charge is 2.38. The number of alkyl halides is 6. The van der Waals surface area contributed by atoms with Gasteiger partial charge >= 0.3 is 12.7 Å². The van der Waals surface area contributed by atoms with Gasteiger partial charge in [-0.3, -0.25) is 14.6 Å². The molecule has 3 aromatic carbocycles. The van der Waals surface area contributed by atoms with E-state index in [1.165, 1.54) is 104 Å². The molecule has 4 aliphatic rings. The summed E-state index contributed by atoms with van der Waals surface area (Å²) in [4.78, 5) is 17.9. The fraction of sp³-hybridized carbons (Fsp3) is 0.553. The molecule has 2 aliphatic heterocycles. The van der Waals surface area contributed by atoms with Gasteiger partial charge in [0.15, 0.2) is 5.78 Å². The Morgan fingerprint density at radius 1 is 0.650 bits per heavy atom. The molecule has 0 radical (unpaired) electrons. The van der Waals surface area contributed by atoms with Crippen molar-refractivity contribution in [3.8, 4) is 11.5 Å². The van der Waals surface area contributed by atoms with Crippen molar-refractivity contribution in [1.29, 1.82) is 0 Å². The number of benzene rings is 3. The van der Waals surface area contributed by atoms with Crippen molar-refractivity contribution < 1.29 is 40.6 Å². The van der Waals surface area contributed by atoms with Crippen LogP contribution in [0.3, 0.4) is 0 Å². The second-order valence-corrected chi connectivity index (χ2v) is 18.8. The third-order valence-corrected chi connectivity index (χ3v) is 13.8. The van der Waals surface area contributed by atoms with Gasteiger partial charge in [-0.1, -0.05) is 74.9 Å². The highest BCUT2D eigenvalue weighted by molar-refractivity contribution is 14.1. The van der Waals surface area contributed by atoms with Crippen molar-refractivity contribution >= 4 is 45.5 Å². The van der Waals surface area contributed by atoms with Crippen LogP contribution in [0.15, 0.2) is 79.4 Å². The molecule has 5 nitrogen and oxygen atoms in total. The maximum absolute atomic E-state index is 12.7. The van der Waals surface area contributed by atoms with E-state index in [2.05, 4.69) is 62.3 Å². The highest BCUT2D eigenvalue weighted by atomic mass is 127. The van der Waals surface area contributed by atoms with Crippen LogP contribution in [-0.4, -0.2) is 65.6 Å². The van der Waals surface area contributed by atoms with Gasteiger partial charge in [0.2, 0.25) is 0 Å². The van der Waals surface area contributed by atoms with E-state index in [-0.39, 0.29) is 28.7 Å². The minimum Gasteiger partial charge on any atom is -0.406 e. The van der Waals surface area contributed by atoms with Crippen LogP contribution in [0.5, 0.6) is 11.5 Å². The van der Waals surface area contributed by atoms with Crippen LogP contribution < -0.4 is 9.47 Å². The molecule has 0 N–H and O–H groups in total. The van der Waals surface area contributed by atoms with Crippen LogP contribution in [0.1, 0.15) is 120 Å². The Morgan fingerprint density at radius 2 is 1.05 bits per heavy atom. The Bertz CT molecular complexity index is 1680. The van der Waals surface area contributed by atoms with E-state index in [9.17, 15) is 31.1 Å². The van der Waals surface area contributed by atoms with Crippen LogP contribution in [0.25, 0.3) is 5.57 Å². The maximum atomic E-state index is 12.7. The molecule has 3 aromatic rings. The predicted octanol–water partition coefficient (Wildman–Crippen LogP) is 14.2. The lowest BCUT2D eigenvalue weighted by Crippen LogP contribution is -2.51. The lowest BCUT2D eigenvalue weighted by atomic mass is 9.79. The number of allylic oxidation sites excluding steroid dienone is 1. The first-order chi connectivity index (χ1) is 28.3. The Labute approximate surface area is 370 Å². The summed E-state index contributed by atoms with van der Waals surface area (Å²) in [7, 11) is 0. The third kappa shape index (κ3) is 14.6. The van der Waals surface area contributed by atoms with Crippen molar-refractivity contribution in [3.63, 3.8) is 0 Å². The molecule has 2 aliphatic carbocycles. The number of ketones is 1. The molecule has 0 atom stereocenters. The summed E-state index contributed by atoms with van der Waals surface area (Å²) < 4.78 is 82.4. The van der Waals surface area contributed by atoms with Crippen LogP contribution in [0, 0.1) is 15.4 Å². The number of Topliss-reactive ketones (excluding diaryl/α,β-unsaturated/α-hetero) is 1. The Morgan fingerprint density at radius 3 is 1.42 bits per heavy atom. The lowest BCUT2D eigenvalue weighted by Gasteiger charge is -2.47. The molecule has 0 bridgehead atoms. The number of ether oxygens (including phenoxy) is 2. The summed E-state index contributed by atoms with van der Waals surface area (Å²) in [6.45, 7) is 13.0. The summed E-state index contributed by atoms with van der Waals surface area (Å²) in [5.41, 5.74) is 3.00. The number of halogens is 8. The fourth-order valence-electron chi connectivity index (χ4n) is 9.33. The summed E-state index contributed by atoms with van der Waals surface area (Å²) >= 11 is 7.86. The first-order valence-corrected chi connectivity index (χ1v) is 22.6. The molecule has 7 rings (SSSR count). The zero-order chi connectivity index (χ0) is 43.6. The summed E-state index contributed by atoms with van der Waals surface area (Å²) in [5, 5.41) is 0.803. The first-order valence-electron chi connectivity index (χ1n) is 21.2. The van der Waals surface area contributed by atoms with Gasteiger partial charge in [0.25, 0.3) is 0 Å². The normalized spacial score (nSPS) is 20.4. The molecule has 60 heavy (non-hydrogen) atoms. The van der Waals surface area contributed by atoms with Gasteiger partial charge in [-0.15, -0.1) is 26.3 Å². The molecule has 13 heteroatoms. The van der Waals surface area contributed by atoms with Gasteiger partial charge in [-0.25, -0.2) is 0 Å². The molecule has 4 fully saturated rings. The van der Waals surface area contributed by atoms with Gasteiger partial charge in [0, 0.05) is 31.2 Å². The standard InChI is InChI=1S/C21H28F3NO.C20H26F3NO2.C6H4ClI/c1-16(17-6-8-19(9-7-17)26-21(22,23)24)18-10-14-25(15-11-18)20(2)12-4-3-5-13-20;1-19(11-3-2-4-12-19)24-13-9-16(10-14-24)18(25)15-5-7-17(8-6-15)26-20(21,22)23;7-5-2-1-3-6(8)4-5/h6-9,18H,1,3-5,10-15H2,2H3;5-8,16H,2-4,9-14H2,1H3;1-4H. The maximum Gasteiger partial charge on any atom is 0.573 e. The number of hydrogen-bond donors (Lipinski definition) is 0. The summed E-state index contributed by atoms with van der Waals surface area (Å²) in [6.07, 6.45) is 7.32. The Kier molecular flexibility index (Phi) is 17.3. The first kappa shape index (κ1) is 48.2. The second kappa shape index (κ2) is 21.5. The molecule has 2 heterocycles. The van der Waals surface area contributed by atoms with E-state index in [1.54, 1.807) is 12.1 Å². The van der Waals surface area contributed by atoms with E-state index in [0.29, 0.717) is 17.0 Å². The minimum atomic E-state index is -4.71. The van der Waals surface area contributed by atoms with Gasteiger partial charge in [-0.2, -0.15) is 0 Å². The smallest absolute Gasteiger partial charge is 0.406 e. The fourth-order valence-corrected chi connectivity index (χ4v) is 10.2. The van der Waals surface area contributed by atoms with Crippen molar-refractivity contribution in [2.24, 2.45) is 11.8 Å². The number of piperidine rings is 2. The monoisotopic (exact) mass is 974 g/mol. The van der Waals surface area contributed by atoms with E-state index >= 15 is 0 Å². The Hall–Kier alpha value is -2.81. The Balaban J connectivity index is 0.000000192. The minimum absolute atomic E-state index is 0.0250. The molecule has 0 amide bonds. The highest BCUT2D eigenvalue weighted by Crippen LogP contribution is 2.40. The topological polar surface area (TPSA) is 42.0 Å². The lowest BCUT2D eigenvalue weighted by molar-refractivity contribution is -0.275. The average Bonchev–Trinajstić information content (AvgIpc) is 3.21.